The number of rotatable bonds is 3. The highest BCUT2D eigenvalue weighted by molar-refractivity contribution is 6.35. The number of hydrogen-bond acceptors (Lipinski definition) is 2. The first-order valence-electron chi connectivity index (χ1n) is 5.18. The number of aryl methyl sites for hydroxylation is 1. The van der Waals surface area contributed by atoms with Gasteiger partial charge in [0.25, 0.3) is 0 Å². The lowest BCUT2D eigenvalue weighted by molar-refractivity contribution is 0.0663. The predicted molar refractivity (Wildman–Crippen MR) is 62.1 cm³/mol. The van der Waals surface area contributed by atoms with E-state index in [1.165, 1.54) is 6.07 Å². The molecule has 0 aliphatic carbocycles. The van der Waals surface area contributed by atoms with Crippen LogP contribution in [0.3, 0.4) is 0 Å². The molecule has 0 radical (unpaired) electrons. The van der Waals surface area contributed by atoms with Gasteiger partial charge < -0.3 is 9.52 Å². The average Bonchev–Trinajstić information content (AvgIpc) is 2.58. The molecule has 0 unspecified atom stereocenters. The van der Waals surface area contributed by atoms with Crippen LogP contribution in [0.2, 0.25) is 5.02 Å². The molecule has 1 aromatic carbocycles. The van der Waals surface area contributed by atoms with Crippen LogP contribution in [0, 0.1) is 5.82 Å². The molecule has 1 N–H and O–H groups in total. The van der Waals surface area contributed by atoms with Gasteiger partial charge in [0, 0.05) is 10.9 Å². The largest absolute Gasteiger partial charge is 0.475 e. The molecule has 0 saturated heterocycles. The van der Waals surface area contributed by atoms with Gasteiger partial charge in [0.05, 0.1) is 5.02 Å². The molecule has 0 amide bonds. The normalized spacial score (nSPS) is 11.0. The quantitative estimate of drug-likeness (QED) is 0.907. The zero-order valence-corrected chi connectivity index (χ0v) is 9.84. The Morgan fingerprint density at radius 3 is 2.82 bits per heavy atom. The molecule has 2 aromatic rings. The number of benzene rings is 1. The molecule has 1 aromatic heterocycles. The van der Waals surface area contributed by atoms with E-state index < -0.39 is 11.8 Å². The zero-order valence-electron chi connectivity index (χ0n) is 9.09. The second-order valence-corrected chi connectivity index (χ2v) is 4.14. The minimum absolute atomic E-state index is 0.0878. The van der Waals surface area contributed by atoms with Gasteiger partial charge in [0.1, 0.15) is 5.82 Å². The third-order valence-electron chi connectivity index (χ3n) is 2.51. The van der Waals surface area contributed by atoms with Gasteiger partial charge in [-0.15, -0.1) is 0 Å². The van der Waals surface area contributed by atoms with Crippen molar-refractivity contribution in [2.75, 3.05) is 0 Å². The smallest absolute Gasteiger partial charge is 0.372 e. The van der Waals surface area contributed by atoms with Crippen molar-refractivity contribution in [3.63, 3.8) is 0 Å². The second kappa shape index (κ2) is 4.37. The van der Waals surface area contributed by atoms with Crippen molar-refractivity contribution in [1.29, 1.82) is 0 Å². The molecule has 0 aliphatic rings. The number of hydrogen-bond donors (Lipinski definition) is 1. The molecule has 90 valence electrons. The van der Waals surface area contributed by atoms with E-state index in [2.05, 4.69) is 0 Å². The standard InChI is InChI=1S/C12H10ClFO3/c1-2-3-7-8-4-6(14)5-9(13)10(8)17-11(7)12(15)16/h4-5H,2-3H2,1H3,(H,15,16). The Kier molecular flexibility index (Phi) is 3.07. The number of halogens is 2. The van der Waals surface area contributed by atoms with E-state index in [0.717, 1.165) is 12.5 Å². The monoisotopic (exact) mass is 256 g/mol. The summed E-state index contributed by atoms with van der Waals surface area (Å²) in [5, 5.41) is 9.55. The molecule has 5 heteroatoms. The van der Waals surface area contributed by atoms with Crippen LogP contribution >= 0.6 is 11.6 Å². The fourth-order valence-electron chi connectivity index (χ4n) is 1.85. The van der Waals surface area contributed by atoms with Crippen LogP contribution in [-0.4, -0.2) is 11.1 Å². The van der Waals surface area contributed by atoms with Gasteiger partial charge in [0.2, 0.25) is 5.76 Å². The SMILES string of the molecule is CCCc1c(C(=O)O)oc2c(Cl)cc(F)cc12. The number of carbonyl (C=O) groups is 1. The van der Waals surface area contributed by atoms with Crippen molar-refractivity contribution in [3.05, 3.63) is 34.3 Å². The maximum atomic E-state index is 13.3. The highest BCUT2D eigenvalue weighted by Gasteiger charge is 2.21. The summed E-state index contributed by atoms with van der Waals surface area (Å²) in [5.74, 6) is -1.83. The number of carboxylic acids is 1. The van der Waals surface area contributed by atoms with Gasteiger partial charge in [-0.1, -0.05) is 24.9 Å². The summed E-state index contributed by atoms with van der Waals surface area (Å²) in [5.41, 5.74) is 0.727. The predicted octanol–water partition coefficient (Wildman–Crippen LogP) is 3.88. The summed E-state index contributed by atoms with van der Waals surface area (Å²) < 4.78 is 18.5. The van der Waals surface area contributed by atoms with E-state index in [0.29, 0.717) is 17.4 Å². The molecular formula is C12H10ClFO3. The molecule has 0 atom stereocenters. The molecule has 2 rings (SSSR count). The first kappa shape index (κ1) is 11.9. The molecule has 0 spiro atoms. The van der Waals surface area contributed by atoms with Crippen molar-refractivity contribution in [1.82, 2.24) is 0 Å². The Bertz CT molecular complexity index is 589. The first-order valence-corrected chi connectivity index (χ1v) is 5.56. The molecule has 3 nitrogen and oxygen atoms in total. The number of fused-ring (bicyclic) bond motifs is 1. The average molecular weight is 257 g/mol. The lowest BCUT2D eigenvalue weighted by atomic mass is 10.1. The molecular weight excluding hydrogens is 247 g/mol. The highest BCUT2D eigenvalue weighted by atomic mass is 35.5. The lowest BCUT2D eigenvalue weighted by Gasteiger charge is -1.97. The van der Waals surface area contributed by atoms with Gasteiger partial charge in [-0.2, -0.15) is 0 Å². The molecule has 0 fully saturated rings. The van der Waals surface area contributed by atoms with E-state index in [4.69, 9.17) is 21.1 Å². The summed E-state index contributed by atoms with van der Waals surface area (Å²) in [6.45, 7) is 1.91. The van der Waals surface area contributed by atoms with Gasteiger partial charge >= 0.3 is 5.97 Å². The van der Waals surface area contributed by atoms with Crippen LogP contribution in [0.15, 0.2) is 16.5 Å². The molecule has 1 heterocycles. The van der Waals surface area contributed by atoms with Crippen molar-refractivity contribution in [2.45, 2.75) is 19.8 Å². The third-order valence-corrected chi connectivity index (χ3v) is 2.79. The molecule has 0 aliphatic heterocycles. The number of furan rings is 1. The Hall–Kier alpha value is -1.55. The van der Waals surface area contributed by atoms with Crippen LogP contribution in [0.5, 0.6) is 0 Å². The number of carboxylic acid groups (broad SMARTS) is 1. The van der Waals surface area contributed by atoms with Crippen LogP contribution < -0.4 is 0 Å². The second-order valence-electron chi connectivity index (χ2n) is 3.73. The Labute approximate surface area is 102 Å². The Morgan fingerprint density at radius 2 is 2.24 bits per heavy atom. The fraction of sp³-hybridized carbons (Fsp3) is 0.250. The first-order chi connectivity index (χ1) is 8.04. The van der Waals surface area contributed by atoms with Crippen molar-refractivity contribution in [2.24, 2.45) is 0 Å². The van der Waals surface area contributed by atoms with E-state index >= 15 is 0 Å². The van der Waals surface area contributed by atoms with E-state index in [1.54, 1.807) is 0 Å². The summed E-state index contributed by atoms with van der Waals surface area (Å²) >= 11 is 5.83. The van der Waals surface area contributed by atoms with Gasteiger partial charge in [-0.05, 0) is 18.6 Å². The minimum atomic E-state index is -1.17. The van der Waals surface area contributed by atoms with Crippen molar-refractivity contribution in [3.8, 4) is 0 Å². The topological polar surface area (TPSA) is 50.4 Å². The molecule has 0 bridgehead atoms. The van der Waals surface area contributed by atoms with E-state index in [9.17, 15) is 9.18 Å². The molecule has 0 saturated carbocycles. The van der Waals surface area contributed by atoms with Gasteiger partial charge in [-0.3, -0.25) is 0 Å². The lowest BCUT2D eigenvalue weighted by Crippen LogP contribution is -1.98. The van der Waals surface area contributed by atoms with Gasteiger partial charge in [0.15, 0.2) is 5.58 Å². The van der Waals surface area contributed by atoms with Crippen LogP contribution in [0.25, 0.3) is 11.0 Å². The van der Waals surface area contributed by atoms with E-state index in [1.807, 2.05) is 6.92 Å². The summed E-state index contributed by atoms with van der Waals surface area (Å²) in [6, 6.07) is 2.36. The highest BCUT2D eigenvalue weighted by Crippen LogP contribution is 2.33. The maximum Gasteiger partial charge on any atom is 0.372 e. The fourth-order valence-corrected chi connectivity index (χ4v) is 2.09. The van der Waals surface area contributed by atoms with Crippen molar-refractivity contribution < 1.29 is 18.7 Å². The number of aromatic carboxylic acids is 1. The maximum absolute atomic E-state index is 13.3. The Balaban J connectivity index is 2.79. The summed E-state index contributed by atoms with van der Waals surface area (Å²) in [4.78, 5) is 11.0. The van der Waals surface area contributed by atoms with Crippen LogP contribution in [0.4, 0.5) is 4.39 Å². The minimum Gasteiger partial charge on any atom is -0.475 e. The van der Waals surface area contributed by atoms with Crippen LogP contribution in [-0.2, 0) is 6.42 Å². The van der Waals surface area contributed by atoms with Gasteiger partial charge in [-0.25, -0.2) is 9.18 Å². The zero-order chi connectivity index (χ0) is 12.6. The van der Waals surface area contributed by atoms with Crippen LogP contribution in [0.1, 0.15) is 29.5 Å². The Morgan fingerprint density at radius 1 is 1.53 bits per heavy atom. The van der Waals surface area contributed by atoms with E-state index in [-0.39, 0.29) is 16.4 Å². The molecule has 17 heavy (non-hydrogen) atoms. The summed E-state index contributed by atoms with van der Waals surface area (Å²) in [7, 11) is 0. The van der Waals surface area contributed by atoms with Crippen molar-refractivity contribution >= 4 is 28.5 Å². The summed E-state index contributed by atoms with van der Waals surface area (Å²) in [6.07, 6.45) is 1.25. The third kappa shape index (κ3) is 2.00.